The summed E-state index contributed by atoms with van der Waals surface area (Å²) in [5, 5.41) is 0. The second-order valence-corrected chi connectivity index (χ2v) is 13.2. The fraction of sp³-hybridized carbons (Fsp3) is 0.750. The molecule has 2 atom stereocenters. The van der Waals surface area contributed by atoms with Crippen LogP contribution in [0.2, 0.25) is 19.6 Å². The molecule has 0 amide bonds. The lowest BCUT2D eigenvalue weighted by Crippen LogP contribution is -2.59. The van der Waals surface area contributed by atoms with Crippen LogP contribution in [0.1, 0.15) is 13.3 Å². The number of hydroxylamine groups is 1. The van der Waals surface area contributed by atoms with Gasteiger partial charge in [0.15, 0.2) is 0 Å². The third-order valence-corrected chi connectivity index (χ3v) is 5.69. The molecule has 1 fully saturated rings. The highest BCUT2D eigenvalue weighted by atomic mass is 28.3. The van der Waals surface area contributed by atoms with Gasteiger partial charge in [0.25, 0.3) is 0 Å². The molecule has 9 nitrogen and oxygen atoms in total. The molecule has 1 N–H and O–H groups in total. The molecule has 2 aliphatic heterocycles. The molecule has 0 aromatic carbocycles. The molecule has 0 aromatic rings. The van der Waals surface area contributed by atoms with Gasteiger partial charge >= 0.3 is 5.97 Å². The largest absolute Gasteiger partial charge is 0.443 e. The highest BCUT2D eigenvalue weighted by Gasteiger charge is 2.61. The van der Waals surface area contributed by atoms with Crippen molar-refractivity contribution >= 4 is 14.0 Å². The van der Waals surface area contributed by atoms with E-state index in [0.717, 1.165) is 5.57 Å². The summed E-state index contributed by atoms with van der Waals surface area (Å²) < 4.78 is 34.5. The zero-order valence-corrected chi connectivity index (χ0v) is 19.3. The van der Waals surface area contributed by atoms with E-state index in [1.165, 1.54) is 6.92 Å². The summed E-state index contributed by atoms with van der Waals surface area (Å²) in [5.41, 5.74) is 6.34. The van der Waals surface area contributed by atoms with Crippen LogP contribution in [-0.2, 0) is 38.1 Å². The lowest BCUT2D eigenvalue weighted by Gasteiger charge is -2.45. The van der Waals surface area contributed by atoms with Gasteiger partial charge in [-0.15, -0.1) is 5.54 Å². The van der Waals surface area contributed by atoms with Crippen LogP contribution in [0, 0.1) is 11.5 Å². The lowest BCUT2D eigenvalue weighted by atomic mass is 9.77. The van der Waals surface area contributed by atoms with Crippen molar-refractivity contribution in [3.05, 3.63) is 11.3 Å². The van der Waals surface area contributed by atoms with Gasteiger partial charge in [0.1, 0.15) is 33.3 Å². The molecule has 3 aliphatic rings. The number of rotatable bonds is 7. The molecule has 0 saturated carbocycles. The number of fused-ring (bicyclic) bond motifs is 1. The van der Waals surface area contributed by atoms with Crippen molar-refractivity contribution in [2.45, 2.75) is 50.5 Å². The molecule has 0 aromatic heterocycles. The second kappa shape index (κ2) is 9.36. The SMILES string of the molecule is COCCOCO[C@@H]1C2=C(NOC2)C2(C[C@]1(C#C[Si](C)(C)C)OC(C)=O)OCCO2. The zero-order valence-electron chi connectivity index (χ0n) is 18.3. The van der Waals surface area contributed by atoms with Crippen molar-refractivity contribution < 1.29 is 38.1 Å². The molecule has 168 valence electrons. The van der Waals surface area contributed by atoms with Crippen LogP contribution in [-0.4, -0.2) is 78.5 Å². The first kappa shape index (κ1) is 23.2. The number of hydrogen-bond acceptors (Lipinski definition) is 9. The number of carbonyl (C=O) groups excluding carboxylic acids is 1. The highest BCUT2D eigenvalue weighted by Crippen LogP contribution is 2.48. The van der Waals surface area contributed by atoms with Crippen molar-refractivity contribution in [2.24, 2.45) is 0 Å². The summed E-state index contributed by atoms with van der Waals surface area (Å²) >= 11 is 0. The van der Waals surface area contributed by atoms with Crippen LogP contribution in [0.25, 0.3) is 0 Å². The summed E-state index contributed by atoms with van der Waals surface area (Å²) in [4.78, 5) is 17.7. The molecular weight excluding hydrogens is 410 g/mol. The van der Waals surface area contributed by atoms with Crippen LogP contribution < -0.4 is 5.48 Å². The first-order valence-electron chi connectivity index (χ1n) is 10.0. The van der Waals surface area contributed by atoms with Crippen molar-refractivity contribution in [3.63, 3.8) is 0 Å². The Morgan fingerprint density at radius 3 is 2.63 bits per heavy atom. The summed E-state index contributed by atoms with van der Waals surface area (Å²) in [7, 11) is -0.203. The van der Waals surface area contributed by atoms with E-state index in [-0.39, 0.29) is 19.8 Å². The summed E-state index contributed by atoms with van der Waals surface area (Å²) in [6.45, 7) is 9.60. The van der Waals surface area contributed by atoms with Gasteiger partial charge in [-0.25, -0.2) is 0 Å². The van der Waals surface area contributed by atoms with Gasteiger partial charge in [-0.1, -0.05) is 25.6 Å². The molecule has 0 bridgehead atoms. The maximum atomic E-state index is 12.2. The van der Waals surface area contributed by atoms with Gasteiger partial charge in [-0.3, -0.25) is 15.1 Å². The number of nitrogens with one attached hydrogen (secondary N) is 1. The Hall–Kier alpha value is -1.45. The Bertz CT molecular complexity index is 731. The molecule has 1 saturated heterocycles. The molecular formula is C20H31NO8Si. The number of hydrogen-bond donors (Lipinski definition) is 1. The first-order valence-corrected chi connectivity index (χ1v) is 13.5. The predicted molar refractivity (Wildman–Crippen MR) is 109 cm³/mol. The van der Waals surface area contributed by atoms with Crippen LogP contribution in [0.5, 0.6) is 0 Å². The molecule has 1 aliphatic carbocycles. The molecule has 0 radical (unpaired) electrons. The Morgan fingerprint density at radius 1 is 1.27 bits per heavy atom. The number of methoxy groups -OCH3 is 1. The minimum atomic E-state index is -1.80. The van der Waals surface area contributed by atoms with Gasteiger partial charge in [0.2, 0.25) is 11.4 Å². The van der Waals surface area contributed by atoms with Crippen LogP contribution in [0.4, 0.5) is 0 Å². The van der Waals surface area contributed by atoms with Crippen molar-refractivity contribution in [3.8, 4) is 11.5 Å². The predicted octanol–water partition coefficient (Wildman–Crippen LogP) is 1.11. The van der Waals surface area contributed by atoms with E-state index in [1.54, 1.807) is 7.11 Å². The quantitative estimate of drug-likeness (QED) is 0.205. The Kier molecular flexibility index (Phi) is 7.24. The fourth-order valence-electron chi connectivity index (χ4n) is 3.69. The monoisotopic (exact) mass is 441 g/mol. The summed E-state index contributed by atoms with van der Waals surface area (Å²) in [6, 6.07) is 0. The third kappa shape index (κ3) is 5.05. The molecule has 10 heteroatoms. The average Bonchev–Trinajstić information content (AvgIpc) is 3.32. The van der Waals surface area contributed by atoms with Gasteiger partial charge in [0.05, 0.1) is 32.8 Å². The molecule has 3 rings (SSSR count). The molecule has 1 spiro atoms. The summed E-state index contributed by atoms with van der Waals surface area (Å²) in [6.07, 6.45) is -0.536. The van der Waals surface area contributed by atoms with Crippen LogP contribution in [0.15, 0.2) is 11.3 Å². The molecule has 2 heterocycles. The minimum absolute atomic E-state index is 0.0167. The summed E-state index contributed by atoms with van der Waals surface area (Å²) in [5.74, 6) is 1.68. The van der Waals surface area contributed by atoms with E-state index in [1.807, 2.05) is 0 Å². The van der Waals surface area contributed by atoms with E-state index >= 15 is 0 Å². The molecule has 0 unspecified atom stereocenters. The highest BCUT2D eigenvalue weighted by molar-refractivity contribution is 6.83. The standard InChI is InChI=1S/C20H31NO8Si/c1-15(22)29-19(6-11-30(3,4)5)13-20(26-9-10-27-20)17-16(12-28-21-17)18(19)25-14-24-8-7-23-2/h18,21H,7-10,12-14H2,1-5H3/t18-,19+/m1/s1. The van der Waals surface area contributed by atoms with E-state index < -0.39 is 31.5 Å². The van der Waals surface area contributed by atoms with Gasteiger partial charge < -0.3 is 28.4 Å². The number of carbonyl (C=O) groups is 1. The van der Waals surface area contributed by atoms with Crippen LogP contribution >= 0.6 is 0 Å². The van der Waals surface area contributed by atoms with E-state index in [0.29, 0.717) is 32.1 Å². The third-order valence-electron chi connectivity index (χ3n) is 4.82. The van der Waals surface area contributed by atoms with Crippen LogP contribution in [0.3, 0.4) is 0 Å². The van der Waals surface area contributed by atoms with Crippen molar-refractivity contribution in [2.75, 3.05) is 46.9 Å². The van der Waals surface area contributed by atoms with Crippen molar-refractivity contribution in [1.82, 2.24) is 5.48 Å². The first-order chi connectivity index (χ1) is 14.2. The normalized spacial score (nSPS) is 27.4. The Morgan fingerprint density at radius 2 is 2.00 bits per heavy atom. The smallest absolute Gasteiger partial charge is 0.304 e. The zero-order chi connectivity index (χ0) is 21.8. The maximum Gasteiger partial charge on any atom is 0.304 e. The number of esters is 1. The Balaban J connectivity index is 2.02. The average molecular weight is 442 g/mol. The Labute approximate surface area is 178 Å². The lowest BCUT2D eigenvalue weighted by molar-refractivity contribution is -0.217. The van der Waals surface area contributed by atoms with Gasteiger partial charge in [0, 0.05) is 19.6 Å². The number of ether oxygens (including phenoxy) is 6. The van der Waals surface area contributed by atoms with E-state index in [2.05, 4.69) is 36.6 Å². The topological polar surface area (TPSA) is 93.7 Å². The second-order valence-electron chi connectivity index (χ2n) is 8.47. The minimum Gasteiger partial charge on any atom is -0.443 e. The van der Waals surface area contributed by atoms with E-state index in [9.17, 15) is 4.79 Å². The van der Waals surface area contributed by atoms with Gasteiger partial charge in [-0.2, -0.15) is 0 Å². The van der Waals surface area contributed by atoms with E-state index in [4.69, 9.17) is 33.3 Å². The van der Waals surface area contributed by atoms with Gasteiger partial charge in [-0.05, 0) is 0 Å². The fourth-order valence-corrected chi connectivity index (χ4v) is 4.28. The maximum absolute atomic E-state index is 12.2. The molecule has 30 heavy (non-hydrogen) atoms. The van der Waals surface area contributed by atoms with Crippen molar-refractivity contribution in [1.29, 1.82) is 0 Å².